The summed E-state index contributed by atoms with van der Waals surface area (Å²) < 4.78 is 70.3. The fraction of sp³-hybridized carbons (Fsp3) is 0.385. The molecule has 0 saturated heterocycles. The predicted molar refractivity (Wildman–Crippen MR) is 150 cm³/mol. The van der Waals surface area contributed by atoms with Crippen LogP contribution in [0.15, 0.2) is 73.1 Å². The second kappa shape index (κ2) is 16.0. The highest BCUT2D eigenvalue weighted by Gasteiger charge is 2.26. The first-order chi connectivity index (χ1) is 17.3. The van der Waals surface area contributed by atoms with Gasteiger partial charge in [-0.25, -0.2) is 4.57 Å². The summed E-state index contributed by atoms with van der Waals surface area (Å²) in [6.07, 6.45) is 2.62. The minimum Gasteiger partial charge on any atom is -0.322 e. The van der Waals surface area contributed by atoms with Gasteiger partial charge in [0.05, 0.1) is 18.7 Å². The van der Waals surface area contributed by atoms with Crippen LogP contribution in [0.2, 0.25) is 0 Å². The maximum atomic E-state index is 12.4. The average molecular weight is 589 g/mol. The van der Waals surface area contributed by atoms with Crippen LogP contribution in [-0.2, 0) is 38.9 Å². The van der Waals surface area contributed by atoms with E-state index in [1.165, 1.54) is 30.2 Å². The Morgan fingerprint density at radius 1 is 0.923 bits per heavy atom. The first kappa shape index (κ1) is 38.0. The van der Waals surface area contributed by atoms with Crippen LogP contribution in [0.5, 0.6) is 0 Å². The molecule has 0 saturated carbocycles. The lowest BCUT2D eigenvalue weighted by Crippen LogP contribution is -2.38. The number of nitrogens with two attached hydrogens (primary N) is 1. The molecule has 0 radical (unpaired) electrons. The summed E-state index contributed by atoms with van der Waals surface area (Å²) in [6.45, 7) is 10.1. The van der Waals surface area contributed by atoms with E-state index < -0.39 is 26.4 Å². The minimum atomic E-state index is -4.68. The van der Waals surface area contributed by atoms with Crippen LogP contribution in [-0.4, -0.2) is 20.8 Å². The molecule has 0 unspecified atom stereocenters. The van der Waals surface area contributed by atoms with Gasteiger partial charge < -0.3 is 5.73 Å². The van der Waals surface area contributed by atoms with Gasteiger partial charge in [-0.2, -0.15) is 26.8 Å². The molecule has 0 aliphatic carbocycles. The Labute approximate surface area is 232 Å². The van der Waals surface area contributed by atoms with Crippen molar-refractivity contribution in [3.05, 3.63) is 90.0 Å². The number of hydrogen-bond donors (Lipinski definition) is 2. The van der Waals surface area contributed by atoms with Crippen molar-refractivity contribution in [1.29, 1.82) is 5.26 Å². The maximum Gasteiger partial charge on any atom is 0.480 e. The lowest BCUT2D eigenvalue weighted by atomic mass is 9.96. The molecular weight excluding hydrogens is 548 g/mol. The van der Waals surface area contributed by atoms with Crippen molar-refractivity contribution in [2.24, 2.45) is 12.8 Å². The number of nitriles is 1. The highest BCUT2D eigenvalue weighted by molar-refractivity contribution is 7.84. The summed E-state index contributed by atoms with van der Waals surface area (Å²) in [5.74, 6) is 0.326. The maximum absolute atomic E-state index is 12.4. The van der Waals surface area contributed by atoms with Crippen LogP contribution in [0.3, 0.4) is 0 Å². The number of hydrogen-bond acceptors (Lipinski definition) is 6. The molecule has 3 aromatic rings. The third kappa shape index (κ3) is 15.1. The number of imidazole rings is 1. The molecule has 1 aromatic heterocycles. The van der Waals surface area contributed by atoms with Gasteiger partial charge in [0.15, 0.2) is 0 Å². The predicted octanol–water partition coefficient (Wildman–Crippen LogP) is 4.46. The van der Waals surface area contributed by atoms with Crippen molar-refractivity contribution in [1.82, 2.24) is 8.69 Å². The Morgan fingerprint density at radius 2 is 1.31 bits per heavy atom. The topological polar surface area (TPSA) is 139 Å². The standard InChI is InChI=1S/C9H12FNO2S.C9H13N.C5H8FN2O2S.C2H3N.CH4/c1-9(2,11-14(10,12)13)8-6-4-3-5-7-8;1-9(2,10)8-6-4-3-5-7-8;1-5-7(2)3-4-8(5)11(6,9)10;1-2-3;/h3-7,11H,1-2H3;3-7H,10H2,1-2H3;3-4H,1-2H3;1H3;1H4/q;;+1;;. The van der Waals surface area contributed by atoms with Crippen molar-refractivity contribution in [2.45, 2.75) is 60.0 Å². The minimum absolute atomic E-state index is 0. The van der Waals surface area contributed by atoms with Crippen LogP contribution in [0.4, 0.5) is 7.77 Å². The lowest BCUT2D eigenvalue weighted by Gasteiger charge is -2.23. The van der Waals surface area contributed by atoms with Gasteiger partial charge in [-0.15, -0.1) is 0 Å². The summed E-state index contributed by atoms with van der Waals surface area (Å²) in [5.41, 5.74) is 6.60. The van der Waals surface area contributed by atoms with Crippen molar-refractivity contribution >= 4 is 20.8 Å². The largest absolute Gasteiger partial charge is 0.480 e. The monoisotopic (exact) mass is 588 g/mol. The van der Waals surface area contributed by atoms with E-state index in [1.54, 1.807) is 51.2 Å². The molecule has 0 fully saturated rings. The molecule has 13 heteroatoms. The van der Waals surface area contributed by atoms with Crippen molar-refractivity contribution in [3.63, 3.8) is 0 Å². The SMILES string of the molecule is C.CC#N.CC(C)(N)c1ccccc1.CC(C)(NS(=O)(=O)F)c1ccccc1.Cc1n(S(=O)(=O)F)cc[n+]1C. The van der Waals surface area contributed by atoms with Gasteiger partial charge in [-0.3, -0.25) is 0 Å². The summed E-state index contributed by atoms with van der Waals surface area (Å²) in [6, 6.07) is 20.6. The highest BCUT2D eigenvalue weighted by Crippen LogP contribution is 2.20. The molecule has 9 nitrogen and oxygen atoms in total. The summed E-state index contributed by atoms with van der Waals surface area (Å²) in [7, 11) is -7.66. The number of halogens is 2. The molecule has 39 heavy (non-hydrogen) atoms. The van der Waals surface area contributed by atoms with Gasteiger partial charge >= 0.3 is 20.8 Å². The van der Waals surface area contributed by atoms with Crippen molar-refractivity contribution in [2.75, 3.05) is 0 Å². The van der Waals surface area contributed by atoms with E-state index >= 15 is 0 Å². The molecular formula is C26H40F2N5O4S2+. The molecule has 218 valence electrons. The molecule has 0 bridgehead atoms. The quantitative estimate of drug-likeness (QED) is 0.333. The van der Waals surface area contributed by atoms with E-state index in [0.29, 0.717) is 15.4 Å². The number of rotatable bonds is 5. The van der Waals surface area contributed by atoms with Gasteiger partial charge in [-0.05, 0) is 38.8 Å². The molecule has 3 N–H and O–H groups in total. The first-order valence-corrected chi connectivity index (χ1v) is 13.9. The molecule has 0 aliphatic rings. The summed E-state index contributed by atoms with van der Waals surface area (Å²) >= 11 is 0. The Kier molecular flexibility index (Phi) is 15.6. The zero-order valence-electron chi connectivity index (χ0n) is 22.6. The number of aryl methyl sites for hydroxylation is 1. The molecule has 2 aromatic carbocycles. The van der Waals surface area contributed by atoms with Crippen molar-refractivity contribution in [3.8, 4) is 6.07 Å². The smallest absolute Gasteiger partial charge is 0.322 e. The van der Waals surface area contributed by atoms with Crippen LogP contribution in [0, 0.1) is 18.3 Å². The third-order valence-electron chi connectivity index (χ3n) is 4.88. The Bertz CT molecular complexity index is 1380. The van der Waals surface area contributed by atoms with Gasteiger partial charge in [0.1, 0.15) is 12.4 Å². The number of benzene rings is 2. The second-order valence-electron chi connectivity index (χ2n) is 9.04. The van der Waals surface area contributed by atoms with Gasteiger partial charge in [-0.1, -0.05) is 79.8 Å². The molecule has 0 atom stereocenters. The van der Waals surface area contributed by atoms with Crippen LogP contribution >= 0.6 is 0 Å². The van der Waals surface area contributed by atoms with Crippen LogP contribution in [0.1, 0.15) is 59.0 Å². The van der Waals surface area contributed by atoms with E-state index in [0.717, 1.165) is 6.20 Å². The van der Waals surface area contributed by atoms with E-state index in [-0.39, 0.29) is 13.0 Å². The van der Waals surface area contributed by atoms with E-state index in [4.69, 9.17) is 11.0 Å². The highest BCUT2D eigenvalue weighted by atomic mass is 32.3. The second-order valence-corrected chi connectivity index (χ2v) is 11.3. The van der Waals surface area contributed by atoms with Crippen molar-refractivity contribution < 1.29 is 29.2 Å². The zero-order chi connectivity index (χ0) is 29.8. The lowest BCUT2D eigenvalue weighted by molar-refractivity contribution is -0.676. The van der Waals surface area contributed by atoms with E-state index in [1.807, 2.05) is 55.0 Å². The van der Waals surface area contributed by atoms with E-state index in [2.05, 4.69) is 0 Å². The van der Waals surface area contributed by atoms with Crippen LogP contribution < -0.4 is 15.0 Å². The van der Waals surface area contributed by atoms with Crippen LogP contribution in [0.25, 0.3) is 0 Å². The van der Waals surface area contributed by atoms with Gasteiger partial charge in [0.2, 0.25) is 0 Å². The fourth-order valence-corrected chi connectivity index (χ4v) is 4.22. The number of nitrogens with one attached hydrogen (secondary N) is 1. The fourth-order valence-electron chi connectivity index (χ4n) is 2.85. The van der Waals surface area contributed by atoms with Gasteiger partial charge in [0, 0.05) is 19.4 Å². The first-order valence-electron chi connectivity index (χ1n) is 11.2. The Hall–Kier alpha value is -3.18. The number of nitrogens with zero attached hydrogens (tertiary/aromatic N) is 3. The molecule has 3 rings (SSSR count). The summed E-state index contributed by atoms with van der Waals surface area (Å²) in [4.78, 5) is 0. The molecule has 0 amide bonds. The average Bonchev–Trinajstić information content (AvgIpc) is 3.13. The summed E-state index contributed by atoms with van der Waals surface area (Å²) in [5, 5.41) is 7.32. The molecule has 1 heterocycles. The number of aromatic nitrogens is 2. The Morgan fingerprint density at radius 3 is 1.54 bits per heavy atom. The van der Waals surface area contributed by atoms with E-state index in [9.17, 15) is 24.6 Å². The third-order valence-corrected chi connectivity index (χ3v) is 6.49. The normalized spacial score (nSPS) is 11.1. The molecule has 0 aliphatic heterocycles. The zero-order valence-corrected chi connectivity index (χ0v) is 24.2. The Balaban J connectivity index is 0. The molecule has 0 spiro atoms. The van der Waals surface area contributed by atoms with Gasteiger partial charge in [0.25, 0.3) is 5.82 Å².